The number of aliphatic carboxylic acids is 1. The first-order valence-corrected chi connectivity index (χ1v) is 6.59. The fourth-order valence-corrected chi connectivity index (χ4v) is 1.50. The van der Waals surface area contributed by atoms with Crippen LogP contribution in [-0.2, 0) is 4.79 Å². The summed E-state index contributed by atoms with van der Waals surface area (Å²) < 4.78 is 0. The van der Waals surface area contributed by atoms with Crippen LogP contribution in [-0.4, -0.2) is 34.1 Å². The molecular formula is C13H22N4O2. The molecule has 106 valence electrons. The first-order chi connectivity index (χ1) is 9.08. The topological polar surface area (TPSA) is 87.1 Å². The van der Waals surface area contributed by atoms with Crippen LogP contribution in [0.5, 0.6) is 0 Å². The molecule has 0 aliphatic heterocycles. The van der Waals surface area contributed by atoms with E-state index in [9.17, 15) is 4.79 Å². The van der Waals surface area contributed by atoms with Crippen molar-refractivity contribution < 1.29 is 9.90 Å². The SMILES string of the molecule is CC(C)CCNc1cc(NCCCC(=O)O)ncn1. The van der Waals surface area contributed by atoms with E-state index in [0.717, 1.165) is 18.8 Å². The molecule has 0 amide bonds. The molecule has 0 spiro atoms. The number of carboxylic acid groups (broad SMARTS) is 1. The zero-order valence-electron chi connectivity index (χ0n) is 11.5. The quantitative estimate of drug-likeness (QED) is 0.594. The van der Waals surface area contributed by atoms with E-state index in [4.69, 9.17) is 5.11 Å². The van der Waals surface area contributed by atoms with E-state index in [0.29, 0.717) is 24.7 Å². The number of hydrogen-bond acceptors (Lipinski definition) is 5. The lowest BCUT2D eigenvalue weighted by Gasteiger charge is -2.09. The van der Waals surface area contributed by atoms with Crippen molar-refractivity contribution in [1.29, 1.82) is 0 Å². The third-order valence-corrected chi connectivity index (χ3v) is 2.57. The van der Waals surface area contributed by atoms with Crippen molar-refractivity contribution >= 4 is 17.6 Å². The third kappa shape index (κ3) is 7.23. The molecule has 6 nitrogen and oxygen atoms in total. The molecule has 0 atom stereocenters. The Hall–Kier alpha value is -1.85. The predicted molar refractivity (Wildman–Crippen MR) is 75.3 cm³/mol. The molecule has 1 aromatic heterocycles. The molecule has 1 heterocycles. The van der Waals surface area contributed by atoms with Crippen LogP contribution in [0.3, 0.4) is 0 Å². The average molecular weight is 266 g/mol. The van der Waals surface area contributed by atoms with Crippen LogP contribution in [0.25, 0.3) is 0 Å². The Morgan fingerprint density at radius 1 is 1.26 bits per heavy atom. The van der Waals surface area contributed by atoms with Gasteiger partial charge in [-0.25, -0.2) is 9.97 Å². The Morgan fingerprint density at radius 2 is 1.89 bits per heavy atom. The van der Waals surface area contributed by atoms with Gasteiger partial charge in [0.05, 0.1) is 0 Å². The number of nitrogens with one attached hydrogen (secondary N) is 2. The van der Waals surface area contributed by atoms with Gasteiger partial charge in [0.1, 0.15) is 18.0 Å². The minimum Gasteiger partial charge on any atom is -0.481 e. The normalized spacial score (nSPS) is 10.5. The summed E-state index contributed by atoms with van der Waals surface area (Å²) in [6.07, 6.45) is 3.33. The number of aromatic nitrogens is 2. The largest absolute Gasteiger partial charge is 0.481 e. The molecule has 1 aromatic rings. The van der Waals surface area contributed by atoms with Gasteiger partial charge in [-0.1, -0.05) is 13.8 Å². The number of rotatable bonds is 9. The van der Waals surface area contributed by atoms with E-state index in [-0.39, 0.29) is 6.42 Å². The van der Waals surface area contributed by atoms with Crippen LogP contribution in [0.1, 0.15) is 33.1 Å². The van der Waals surface area contributed by atoms with Gasteiger partial charge in [-0.05, 0) is 18.8 Å². The van der Waals surface area contributed by atoms with E-state index < -0.39 is 5.97 Å². The van der Waals surface area contributed by atoms with Gasteiger partial charge in [-0.2, -0.15) is 0 Å². The average Bonchev–Trinajstić information content (AvgIpc) is 2.34. The first kappa shape index (κ1) is 15.2. The molecule has 0 saturated carbocycles. The molecule has 0 aromatic carbocycles. The lowest BCUT2D eigenvalue weighted by atomic mass is 10.1. The molecule has 0 unspecified atom stereocenters. The number of carboxylic acids is 1. The van der Waals surface area contributed by atoms with Gasteiger partial charge < -0.3 is 15.7 Å². The molecule has 0 bridgehead atoms. The number of carbonyl (C=O) groups is 1. The predicted octanol–water partition coefficient (Wildman–Crippen LogP) is 2.21. The second-order valence-electron chi connectivity index (χ2n) is 4.82. The van der Waals surface area contributed by atoms with Crippen molar-refractivity contribution in [3.05, 3.63) is 12.4 Å². The Kier molecular flexibility index (Phi) is 6.63. The standard InChI is InChI=1S/C13H22N4O2/c1-10(2)5-7-15-12-8-11(16-9-17-12)14-6-3-4-13(18)19/h8-10H,3-7H2,1-2H3,(H,18,19)(H2,14,15,16,17). The molecule has 19 heavy (non-hydrogen) atoms. The zero-order chi connectivity index (χ0) is 14.1. The summed E-state index contributed by atoms with van der Waals surface area (Å²) in [7, 11) is 0. The first-order valence-electron chi connectivity index (χ1n) is 6.59. The summed E-state index contributed by atoms with van der Waals surface area (Å²) in [5.41, 5.74) is 0. The minimum atomic E-state index is -0.777. The van der Waals surface area contributed by atoms with E-state index in [1.54, 1.807) is 0 Å². The molecule has 6 heteroatoms. The third-order valence-electron chi connectivity index (χ3n) is 2.57. The van der Waals surface area contributed by atoms with Crippen LogP contribution < -0.4 is 10.6 Å². The fraction of sp³-hybridized carbons (Fsp3) is 0.615. The number of hydrogen-bond donors (Lipinski definition) is 3. The lowest BCUT2D eigenvalue weighted by molar-refractivity contribution is -0.137. The van der Waals surface area contributed by atoms with Gasteiger partial charge in [0.15, 0.2) is 0 Å². The maximum Gasteiger partial charge on any atom is 0.303 e. The summed E-state index contributed by atoms with van der Waals surface area (Å²) in [6.45, 7) is 5.83. The molecule has 0 aliphatic carbocycles. The molecule has 0 fully saturated rings. The van der Waals surface area contributed by atoms with E-state index in [1.807, 2.05) is 6.07 Å². The Morgan fingerprint density at radius 3 is 2.47 bits per heavy atom. The van der Waals surface area contributed by atoms with Crippen molar-refractivity contribution in [2.45, 2.75) is 33.1 Å². The summed E-state index contributed by atoms with van der Waals surface area (Å²) in [5.74, 6) is 1.38. The molecule has 0 saturated heterocycles. The number of anilines is 2. The second kappa shape index (κ2) is 8.29. The Labute approximate surface area is 113 Å². The van der Waals surface area contributed by atoms with Crippen LogP contribution in [0.2, 0.25) is 0 Å². The van der Waals surface area contributed by atoms with E-state index in [1.165, 1.54) is 6.33 Å². The van der Waals surface area contributed by atoms with Crippen LogP contribution in [0.4, 0.5) is 11.6 Å². The Bertz CT molecular complexity index is 396. The van der Waals surface area contributed by atoms with E-state index >= 15 is 0 Å². The monoisotopic (exact) mass is 266 g/mol. The van der Waals surface area contributed by atoms with Crippen LogP contribution >= 0.6 is 0 Å². The van der Waals surface area contributed by atoms with Crippen LogP contribution in [0, 0.1) is 5.92 Å². The lowest BCUT2D eigenvalue weighted by Crippen LogP contribution is -2.09. The second-order valence-corrected chi connectivity index (χ2v) is 4.82. The highest BCUT2D eigenvalue weighted by molar-refractivity contribution is 5.66. The summed E-state index contributed by atoms with van der Waals surface area (Å²) in [6, 6.07) is 1.83. The minimum absolute atomic E-state index is 0.164. The van der Waals surface area contributed by atoms with Crippen molar-refractivity contribution in [2.24, 2.45) is 5.92 Å². The Balaban J connectivity index is 2.32. The van der Waals surface area contributed by atoms with Gasteiger partial charge in [0, 0.05) is 25.6 Å². The summed E-state index contributed by atoms with van der Waals surface area (Å²) in [4.78, 5) is 18.6. The van der Waals surface area contributed by atoms with Gasteiger partial charge in [0.2, 0.25) is 0 Å². The van der Waals surface area contributed by atoms with E-state index in [2.05, 4.69) is 34.4 Å². The zero-order valence-corrected chi connectivity index (χ0v) is 11.5. The van der Waals surface area contributed by atoms with Gasteiger partial charge in [-0.3, -0.25) is 4.79 Å². The smallest absolute Gasteiger partial charge is 0.303 e. The molecular weight excluding hydrogens is 244 g/mol. The van der Waals surface area contributed by atoms with Gasteiger partial charge in [-0.15, -0.1) is 0 Å². The maximum atomic E-state index is 10.4. The summed E-state index contributed by atoms with van der Waals surface area (Å²) >= 11 is 0. The highest BCUT2D eigenvalue weighted by Gasteiger charge is 2.00. The van der Waals surface area contributed by atoms with Crippen molar-refractivity contribution in [1.82, 2.24) is 9.97 Å². The maximum absolute atomic E-state index is 10.4. The highest BCUT2D eigenvalue weighted by atomic mass is 16.4. The number of nitrogens with zero attached hydrogens (tertiary/aromatic N) is 2. The summed E-state index contributed by atoms with van der Waals surface area (Å²) in [5, 5.41) is 14.9. The molecule has 1 rings (SSSR count). The fourth-order valence-electron chi connectivity index (χ4n) is 1.50. The van der Waals surface area contributed by atoms with Crippen molar-refractivity contribution in [2.75, 3.05) is 23.7 Å². The molecule has 0 radical (unpaired) electrons. The van der Waals surface area contributed by atoms with Gasteiger partial charge in [0.25, 0.3) is 0 Å². The molecule has 0 aliphatic rings. The van der Waals surface area contributed by atoms with Crippen LogP contribution in [0.15, 0.2) is 12.4 Å². The van der Waals surface area contributed by atoms with Gasteiger partial charge >= 0.3 is 5.97 Å². The molecule has 3 N–H and O–H groups in total. The highest BCUT2D eigenvalue weighted by Crippen LogP contribution is 2.09. The van der Waals surface area contributed by atoms with Crippen molar-refractivity contribution in [3.8, 4) is 0 Å². The van der Waals surface area contributed by atoms with Crippen molar-refractivity contribution in [3.63, 3.8) is 0 Å².